The molecule has 0 spiro atoms. The number of hydrogen-bond acceptors (Lipinski definition) is 1. The highest BCUT2D eigenvalue weighted by Crippen LogP contribution is 2.25. The first-order valence-corrected chi connectivity index (χ1v) is 5.96. The van der Waals surface area contributed by atoms with Crippen LogP contribution in [0, 0.1) is 13.8 Å². The summed E-state index contributed by atoms with van der Waals surface area (Å²) < 4.78 is 0. The van der Waals surface area contributed by atoms with Crippen molar-refractivity contribution in [3.05, 3.63) is 69.7 Å². The van der Waals surface area contributed by atoms with Crippen molar-refractivity contribution in [1.82, 2.24) is 0 Å². The van der Waals surface area contributed by atoms with E-state index in [2.05, 4.69) is 6.92 Å². The lowest BCUT2D eigenvalue weighted by atomic mass is 9.98. The Kier molecular flexibility index (Phi) is 3.51. The van der Waals surface area contributed by atoms with Crippen LogP contribution in [-0.4, -0.2) is 5.11 Å². The van der Waals surface area contributed by atoms with Crippen LogP contribution in [0.25, 0.3) is 0 Å². The Hall–Kier alpha value is -1.31. The smallest absolute Gasteiger partial charge is 0.104 e. The molecule has 2 aromatic rings. The van der Waals surface area contributed by atoms with Crippen LogP contribution in [0.3, 0.4) is 0 Å². The summed E-state index contributed by atoms with van der Waals surface area (Å²) in [6.07, 6.45) is -0.618. The van der Waals surface area contributed by atoms with Crippen LogP contribution < -0.4 is 0 Å². The Morgan fingerprint density at radius 2 is 1.65 bits per heavy atom. The number of benzene rings is 2. The molecule has 0 saturated heterocycles. The molecule has 1 nitrogen and oxygen atoms in total. The molecule has 0 radical (unpaired) electrons. The number of hydrogen-bond donors (Lipinski definition) is 1. The topological polar surface area (TPSA) is 20.2 Å². The third kappa shape index (κ3) is 2.68. The van der Waals surface area contributed by atoms with E-state index in [4.69, 9.17) is 11.6 Å². The van der Waals surface area contributed by atoms with E-state index in [9.17, 15) is 5.11 Å². The fraction of sp³-hybridized carbons (Fsp3) is 0.200. The van der Waals surface area contributed by atoms with Crippen molar-refractivity contribution in [3.63, 3.8) is 0 Å². The lowest BCUT2D eigenvalue weighted by Crippen LogP contribution is -2.00. The van der Waals surface area contributed by atoms with Gasteiger partial charge in [0.05, 0.1) is 0 Å². The fourth-order valence-corrected chi connectivity index (χ4v) is 2.00. The van der Waals surface area contributed by atoms with E-state index < -0.39 is 6.10 Å². The first kappa shape index (κ1) is 12.2. The lowest BCUT2D eigenvalue weighted by Gasteiger charge is -2.13. The third-order valence-electron chi connectivity index (χ3n) is 3.01. The number of halogens is 1. The van der Waals surface area contributed by atoms with E-state index in [-0.39, 0.29) is 0 Å². The number of aryl methyl sites for hydroxylation is 2. The van der Waals surface area contributed by atoms with Gasteiger partial charge in [0.2, 0.25) is 0 Å². The molecule has 1 N–H and O–H groups in total. The molecule has 0 heterocycles. The number of aliphatic hydroxyl groups is 1. The molecule has 0 bridgehead atoms. The molecule has 2 heteroatoms. The second-order valence-corrected chi connectivity index (χ2v) is 4.74. The van der Waals surface area contributed by atoms with Crippen molar-refractivity contribution < 1.29 is 5.11 Å². The summed E-state index contributed by atoms with van der Waals surface area (Å²) in [5, 5.41) is 10.9. The van der Waals surface area contributed by atoms with Crippen LogP contribution in [0.4, 0.5) is 0 Å². The van der Waals surface area contributed by atoms with Gasteiger partial charge in [-0.25, -0.2) is 0 Å². The molecule has 17 heavy (non-hydrogen) atoms. The van der Waals surface area contributed by atoms with Crippen LogP contribution >= 0.6 is 11.6 Å². The van der Waals surface area contributed by atoms with Gasteiger partial charge < -0.3 is 5.11 Å². The second-order valence-electron chi connectivity index (χ2n) is 4.30. The Labute approximate surface area is 107 Å². The molecular weight excluding hydrogens is 232 g/mol. The summed E-state index contributed by atoms with van der Waals surface area (Å²) in [5.41, 5.74) is 4.13. The van der Waals surface area contributed by atoms with Gasteiger partial charge in [-0.15, -0.1) is 0 Å². The summed E-state index contributed by atoms with van der Waals surface area (Å²) in [4.78, 5) is 0. The molecule has 2 rings (SSSR count). The van der Waals surface area contributed by atoms with E-state index in [1.165, 1.54) is 11.1 Å². The number of aliphatic hydroxyl groups excluding tert-OH is 1. The normalized spacial score (nSPS) is 12.5. The maximum absolute atomic E-state index is 10.3. The minimum Gasteiger partial charge on any atom is -0.384 e. The van der Waals surface area contributed by atoms with Gasteiger partial charge in [0.25, 0.3) is 0 Å². The van der Waals surface area contributed by atoms with Crippen molar-refractivity contribution in [2.75, 3.05) is 0 Å². The van der Waals surface area contributed by atoms with E-state index in [1.54, 1.807) is 12.1 Å². The first-order valence-electron chi connectivity index (χ1n) is 5.58. The van der Waals surface area contributed by atoms with Crippen molar-refractivity contribution in [2.24, 2.45) is 0 Å². The zero-order chi connectivity index (χ0) is 12.4. The van der Waals surface area contributed by atoms with E-state index in [1.807, 2.05) is 37.3 Å². The summed E-state index contributed by atoms with van der Waals surface area (Å²) in [5.74, 6) is 0. The summed E-state index contributed by atoms with van der Waals surface area (Å²) >= 11 is 5.92. The van der Waals surface area contributed by atoms with Gasteiger partial charge in [-0.2, -0.15) is 0 Å². The van der Waals surface area contributed by atoms with Crippen molar-refractivity contribution in [1.29, 1.82) is 0 Å². The maximum atomic E-state index is 10.3. The standard InChI is InChI=1S/C15H15ClO/c1-10-6-7-13(8-11(10)2)15(17)12-4-3-5-14(16)9-12/h3-9,15,17H,1-2H3/t15-/m0/s1. The predicted octanol–water partition coefficient (Wildman–Crippen LogP) is 4.04. The predicted molar refractivity (Wildman–Crippen MR) is 71.4 cm³/mol. The molecule has 2 aromatic carbocycles. The molecule has 0 aliphatic heterocycles. The maximum Gasteiger partial charge on any atom is 0.104 e. The summed E-state index contributed by atoms with van der Waals surface area (Å²) in [6.45, 7) is 4.11. The van der Waals surface area contributed by atoms with Crippen LogP contribution in [0.2, 0.25) is 5.02 Å². The van der Waals surface area contributed by atoms with Gasteiger partial charge in [-0.1, -0.05) is 41.9 Å². The highest BCUT2D eigenvalue weighted by Gasteiger charge is 2.11. The van der Waals surface area contributed by atoms with Gasteiger partial charge in [0.15, 0.2) is 0 Å². The first-order chi connectivity index (χ1) is 8.08. The second kappa shape index (κ2) is 4.91. The third-order valence-corrected chi connectivity index (χ3v) is 3.25. The van der Waals surface area contributed by atoms with Gasteiger partial charge in [0.1, 0.15) is 6.10 Å². The Balaban J connectivity index is 2.36. The fourth-order valence-electron chi connectivity index (χ4n) is 1.80. The molecule has 1 atom stereocenters. The minimum absolute atomic E-state index is 0.618. The van der Waals surface area contributed by atoms with Crippen LogP contribution in [-0.2, 0) is 0 Å². The van der Waals surface area contributed by atoms with Crippen molar-refractivity contribution >= 4 is 11.6 Å². The largest absolute Gasteiger partial charge is 0.384 e. The van der Waals surface area contributed by atoms with Gasteiger partial charge >= 0.3 is 0 Å². The van der Waals surface area contributed by atoms with Gasteiger partial charge in [-0.3, -0.25) is 0 Å². The van der Waals surface area contributed by atoms with E-state index >= 15 is 0 Å². The van der Waals surface area contributed by atoms with Gasteiger partial charge in [-0.05, 0) is 48.2 Å². The molecule has 0 saturated carbocycles. The van der Waals surface area contributed by atoms with Crippen LogP contribution in [0.1, 0.15) is 28.4 Å². The highest BCUT2D eigenvalue weighted by atomic mass is 35.5. The average molecular weight is 247 g/mol. The Morgan fingerprint density at radius 1 is 0.941 bits per heavy atom. The van der Waals surface area contributed by atoms with Crippen LogP contribution in [0.5, 0.6) is 0 Å². The van der Waals surface area contributed by atoms with E-state index in [0.29, 0.717) is 5.02 Å². The lowest BCUT2D eigenvalue weighted by molar-refractivity contribution is 0.220. The summed E-state index contributed by atoms with van der Waals surface area (Å²) in [7, 11) is 0. The number of rotatable bonds is 2. The molecule has 0 aromatic heterocycles. The van der Waals surface area contributed by atoms with Gasteiger partial charge in [0, 0.05) is 5.02 Å². The molecule has 88 valence electrons. The van der Waals surface area contributed by atoms with E-state index in [0.717, 1.165) is 11.1 Å². The molecular formula is C15H15ClO. The quantitative estimate of drug-likeness (QED) is 0.848. The van der Waals surface area contributed by atoms with Crippen LogP contribution in [0.15, 0.2) is 42.5 Å². The average Bonchev–Trinajstić information content (AvgIpc) is 2.32. The molecule has 0 unspecified atom stereocenters. The zero-order valence-electron chi connectivity index (χ0n) is 9.94. The molecule has 0 fully saturated rings. The molecule has 0 amide bonds. The monoisotopic (exact) mass is 246 g/mol. The molecule has 0 aliphatic rings. The Morgan fingerprint density at radius 3 is 2.29 bits per heavy atom. The SMILES string of the molecule is Cc1ccc([C@@H](O)c2cccc(Cl)c2)cc1C. The van der Waals surface area contributed by atoms with Crippen molar-refractivity contribution in [2.45, 2.75) is 20.0 Å². The Bertz CT molecular complexity index is 534. The minimum atomic E-state index is -0.618. The van der Waals surface area contributed by atoms with Crippen molar-refractivity contribution in [3.8, 4) is 0 Å². The zero-order valence-corrected chi connectivity index (χ0v) is 10.7. The highest BCUT2D eigenvalue weighted by molar-refractivity contribution is 6.30. The summed E-state index contributed by atoms with van der Waals surface area (Å²) in [6, 6.07) is 13.3. The molecule has 0 aliphatic carbocycles.